The maximum Gasteiger partial charge on any atom is 0.168 e. The molecule has 2 aromatic rings. The summed E-state index contributed by atoms with van der Waals surface area (Å²) in [6.45, 7) is 0. The van der Waals surface area contributed by atoms with Crippen molar-refractivity contribution in [2.24, 2.45) is 0 Å². The Morgan fingerprint density at radius 3 is 2.30 bits per heavy atom. The van der Waals surface area contributed by atoms with Crippen LogP contribution in [0.3, 0.4) is 0 Å². The molecule has 0 unspecified atom stereocenters. The predicted molar refractivity (Wildman–Crippen MR) is 78.9 cm³/mol. The molecule has 0 radical (unpaired) electrons. The van der Waals surface area contributed by atoms with Crippen molar-refractivity contribution in [1.82, 2.24) is 0 Å². The molecule has 0 N–H and O–H groups in total. The lowest BCUT2D eigenvalue weighted by Crippen LogP contribution is -2.06. The number of aryl methyl sites for hydroxylation is 2. The smallest absolute Gasteiger partial charge is 0.168 e. The summed E-state index contributed by atoms with van der Waals surface area (Å²) >= 11 is 0. The van der Waals surface area contributed by atoms with Crippen LogP contribution >= 0.6 is 0 Å². The van der Waals surface area contributed by atoms with Crippen molar-refractivity contribution in [1.29, 1.82) is 0 Å². The molecular weight excluding hydrogens is 252 g/mol. The quantitative estimate of drug-likeness (QED) is 0.854. The molecule has 3 heteroatoms. The fraction of sp³-hybridized carbons (Fsp3) is 0.294. The van der Waals surface area contributed by atoms with E-state index in [0.29, 0.717) is 0 Å². The Labute approximate surface area is 119 Å². The Balaban J connectivity index is 2.24. The molecule has 2 aromatic carbocycles. The van der Waals surface area contributed by atoms with Crippen molar-refractivity contribution in [2.45, 2.75) is 12.8 Å². The normalized spacial score (nSPS) is 12.3. The Hall–Kier alpha value is -2.16. The molecule has 0 heterocycles. The summed E-state index contributed by atoms with van der Waals surface area (Å²) in [4.78, 5) is 0. The van der Waals surface area contributed by atoms with Gasteiger partial charge in [0.15, 0.2) is 11.5 Å². The van der Waals surface area contributed by atoms with Crippen molar-refractivity contribution < 1.29 is 14.2 Å². The molecular formula is C17H18O3. The van der Waals surface area contributed by atoms with Gasteiger partial charge in [-0.05, 0) is 47.7 Å². The second kappa shape index (κ2) is 5.08. The molecule has 1 aliphatic carbocycles. The average Bonchev–Trinajstić information content (AvgIpc) is 2.52. The number of benzene rings is 2. The van der Waals surface area contributed by atoms with Gasteiger partial charge in [0, 0.05) is 5.56 Å². The zero-order valence-electron chi connectivity index (χ0n) is 12.0. The van der Waals surface area contributed by atoms with Crippen molar-refractivity contribution >= 4 is 0 Å². The Kier molecular flexibility index (Phi) is 3.26. The molecule has 0 aromatic heterocycles. The number of ether oxygens (including phenoxy) is 3. The number of hydrogen-bond donors (Lipinski definition) is 0. The fourth-order valence-corrected chi connectivity index (χ4v) is 2.89. The summed E-state index contributed by atoms with van der Waals surface area (Å²) in [5.41, 5.74) is 4.96. The summed E-state index contributed by atoms with van der Waals surface area (Å²) in [6.07, 6.45) is 2.03. The van der Waals surface area contributed by atoms with Gasteiger partial charge in [-0.1, -0.05) is 12.1 Å². The fourth-order valence-electron chi connectivity index (χ4n) is 2.89. The maximum atomic E-state index is 5.59. The molecule has 3 nitrogen and oxygen atoms in total. The molecule has 1 aliphatic rings. The van der Waals surface area contributed by atoms with Crippen molar-refractivity contribution in [3.05, 3.63) is 41.5 Å². The van der Waals surface area contributed by atoms with E-state index in [1.807, 2.05) is 12.1 Å². The third-order valence-electron chi connectivity index (χ3n) is 3.88. The van der Waals surface area contributed by atoms with E-state index < -0.39 is 0 Å². The molecule has 3 rings (SSSR count). The first-order valence-electron chi connectivity index (χ1n) is 6.69. The highest BCUT2D eigenvalue weighted by atomic mass is 16.5. The minimum atomic E-state index is 0.773. The van der Waals surface area contributed by atoms with Crippen molar-refractivity contribution in [3.8, 4) is 28.4 Å². The SMILES string of the molecule is COc1ccc2c(c1)CCc1ccc(OC)c(OC)c1-2. The van der Waals surface area contributed by atoms with Crippen LogP contribution in [-0.4, -0.2) is 21.3 Å². The first-order chi connectivity index (χ1) is 9.78. The van der Waals surface area contributed by atoms with E-state index in [0.717, 1.165) is 35.7 Å². The standard InChI is InChI=1S/C17H18O3/c1-18-13-7-8-14-12(10-13)5-4-11-6-9-15(19-2)17(20-3)16(11)14/h6-10H,4-5H2,1-3H3. The van der Waals surface area contributed by atoms with Crippen LogP contribution in [0, 0.1) is 0 Å². The van der Waals surface area contributed by atoms with Gasteiger partial charge in [-0.2, -0.15) is 0 Å². The molecule has 0 fully saturated rings. The van der Waals surface area contributed by atoms with Gasteiger partial charge >= 0.3 is 0 Å². The topological polar surface area (TPSA) is 27.7 Å². The highest BCUT2D eigenvalue weighted by Crippen LogP contribution is 2.45. The molecule has 0 bridgehead atoms. The predicted octanol–water partition coefficient (Wildman–Crippen LogP) is 3.48. The zero-order valence-corrected chi connectivity index (χ0v) is 12.0. The third-order valence-corrected chi connectivity index (χ3v) is 3.88. The van der Waals surface area contributed by atoms with Gasteiger partial charge in [-0.3, -0.25) is 0 Å². The van der Waals surface area contributed by atoms with Crippen LogP contribution in [0.25, 0.3) is 11.1 Å². The van der Waals surface area contributed by atoms with Crippen LogP contribution in [0.4, 0.5) is 0 Å². The number of rotatable bonds is 3. The summed E-state index contributed by atoms with van der Waals surface area (Å²) in [5, 5.41) is 0. The number of hydrogen-bond acceptors (Lipinski definition) is 3. The Bertz CT molecular complexity index is 647. The molecule has 0 saturated heterocycles. The average molecular weight is 270 g/mol. The zero-order chi connectivity index (χ0) is 14.1. The van der Waals surface area contributed by atoms with E-state index >= 15 is 0 Å². The molecule has 0 amide bonds. The van der Waals surface area contributed by atoms with E-state index in [4.69, 9.17) is 14.2 Å². The molecule has 104 valence electrons. The highest BCUT2D eigenvalue weighted by Gasteiger charge is 2.22. The van der Waals surface area contributed by atoms with Crippen LogP contribution in [-0.2, 0) is 12.8 Å². The van der Waals surface area contributed by atoms with Gasteiger partial charge in [0.05, 0.1) is 21.3 Å². The minimum Gasteiger partial charge on any atom is -0.497 e. The van der Waals surface area contributed by atoms with E-state index in [-0.39, 0.29) is 0 Å². The summed E-state index contributed by atoms with van der Waals surface area (Å²) < 4.78 is 16.3. The Morgan fingerprint density at radius 2 is 1.60 bits per heavy atom. The lowest BCUT2D eigenvalue weighted by atomic mass is 9.84. The minimum absolute atomic E-state index is 0.773. The first-order valence-corrected chi connectivity index (χ1v) is 6.69. The second-order valence-corrected chi connectivity index (χ2v) is 4.86. The monoisotopic (exact) mass is 270 g/mol. The molecule has 0 atom stereocenters. The van der Waals surface area contributed by atoms with E-state index in [1.54, 1.807) is 21.3 Å². The summed E-state index contributed by atoms with van der Waals surface area (Å²) in [7, 11) is 5.06. The number of fused-ring (bicyclic) bond motifs is 3. The van der Waals surface area contributed by atoms with Crippen molar-refractivity contribution in [2.75, 3.05) is 21.3 Å². The highest BCUT2D eigenvalue weighted by molar-refractivity contribution is 5.81. The van der Waals surface area contributed by atoms with Crippen molar-refractivity contribution in [3.63, 3.8) is 0 Å². The first kappa shape index (κ1) is 12.9. The van der Waals surface area contributed by atoms with Gasteiger partial charge in [0.2, 0.25) is 0 Å². The molecule has 0 spiro atoms. The summed E-state index contributed by atoms with van der Waals surface area (Å²) in [6, 6.07) is 10.3. The van der Waals surface area contributed by atoms with Gasteiger partial charge in [0.25, 0.3) is 0 Å². The van der Waals surface area contributed by atoms with Crippen LogP contribution in [0.15, 0.2) is 30.3 Å². The molecule has 0 saturated carbocycles. The lowest BCUT2D eigenvalue weighted by Gasteiger charge is -2.23. The summed E-state index contributed by atoms with van der Waals surface area (Å²) in [5.74, 6) is 2.49. The van der Waals surface area contributed by atoms with Gasteiger partial charge in [-0.25, -0.2) is 0 Å². The third kappa shape index (κ3) is 1.90. The van der Waals surface area contributed by atoms with Crippen LogP contribution in [0.2, 0.25) is 0 Å². The van der Waals surface area contributed by atoms with Crippen LogP contribution in [0.5, 0.6) is 17.2 Å². The van der Waals surface area contributed by atoms with Crippen LogP contribution < -0.4 is 14.2 Å². The lowest BCUT2D eigenvalue weighted by molar-refractivity contribution is 0.355. The van der Waals surface area contributed by atoms with E-state index in [2.05, 4.69) is 18.2 Å². The maximum absolute atomic E-state index is 5.59. The van der Waals surface area contributed by atoms with Gasteiger partial charge < -0.3 is 14.2 Å². The molecule has 20 heavy (non-hydrogen) atoms. The van der Waals surface area contributed by atoms with Gasteiger partial charge in [0.1, 0.15) is 5.75 Å². The largest absolute Gasteiger partial charge is 0.497 e. The number of methoxy groups -OCH3 is 3. The van der Waals surface area contributed by atoms with E-state index in [9.17, 15) is 0 Å². The van der Waals surface area contributed by atoms with E-state index in [1.165, 1.54) is 16.7 Å². The second-order valence-electron chi connectivity index (χ2n) is 4.86. The van der Waals surface area contributed by atoms with Gasteiger partial charge in [-0.15, -0.1) is 0 Å². The molecule has 0 aliphatic heterocycles. The van der Waals surface area contributed by atoms with Crippen LogP contribution in [0.1, 0.15) is 11.1 Å². The Morgan fingerprint density at radius 1 is 0.800 bits per heavy atom.